The molecule has 0 spiro atoms. The lowest BCUT2D eigenvalue weighted by atomic mass is 10.1. The van der Waals surface area contributed by atoms with Gasteiger partial charge in [0.05, 0.1) is 5.52 Å². The Bertz CT molecular complexity index is 590. The van der Waals surface area contributed by atoms with E-state index in [1.807, 2.05) is 0 Å². The van der Waals surface area contributed by atoms with E-state index in [1.54, 1.807) is 0 Å². The summed E-state index contributed by atoms with van der Waals surface area (Å²) in [6, 6.07) is 10.7. The van der Waals surface area contributed by atoms with E-state index in [0.29, 0.717) is 0 Å². The number of fused-ring (bicyclic) bond motifs is 1. The summed E-state index contributed by atoms with van der Waals surface area (Å²) in [5, 5.41) is 4.65. The van der Waals surface area contributed by atoms with Crippen LogP contribution in [0, 0.1) is 5.92 Å². The Kier molecular flexibility index (Phi) is 3.88. The molecule has 20 heavy (non-hydrogen) atoms. The van der Waals surface area contributed by atoms with Gasteiger partial charge in [0.25, 0.3) is 0 Å². The minimum atomic E-state index is 0.875. The zero-order chi connectivity index (χ0) is 13.9. The van der Waals surface area contributed by atoms with Gasteiger partial charge in [-0.1, -0.05) is 25.1 Å². The highest BCUT2D eigenvalue weighted by Gasteiger charge is 2.24. The number of aromatic nitrogens is 1. The largest absolute Gasteiger partial charge is 0.359 e. The highest BCUT2D eigenvalue weighted by atomic mass is 15.2. The number of para-hydroxylation sites is 1. The molecule has 0 amide bonds. The van der Waals surface area contributed by atoms with Crippen LogP contribution < -0.4 is 10.2 Å². The fourth-order valence-electron chi connectivity index (χ4n) is 2.64. The summed E-state index contributed by atoms with van der Waals surface area (Å²) in [4.78, 5) is 7.22. The number of hydrogen-bond acceptors (Lipinski definition) is 3. The summed E-state index contributed by atoms with van der Waals surface area (Å²) in [5.41, 5.74) is 2.39. The summed E-state index contributed by atoms with van der Waals surface area (Å²) >= 11 is 0. The van der Waals surface area contributed by atoms with Gasteiger partial charge in [-0.05, 0) is 37.4 Å². The lowest BCUT2D eigenvalue weighted by molar-refractivity contribution is 0.714. The van der Waals surface area contributed by atoms with Crippen molar-refractivity contribution in [3.8, 4) is 0 Å². The fraction of sp³-hybridized carbons (Fsp3) is 0.471. The molecule has 1 heterocycles. The monoisotopic (exact) mass is 269 g/mol. The lowest BCUT2D eigenvalue weighted by Crippen LogP contribution is -2.24. The van der Waals surface area contributed by atoms with Crippen LogP contribution in [-0.2, 0) is 6.54 Å². The first-order chi connectivity index (χ1) is 9.78. The predicted octanol–water partition coefficient (Wildman–Crippen LogP) is 3.19. The summed E-state index contributed by atoms with van der Waals surface area (Å²) in [7, 11) is 2.17. The van der Waals surface area contributed by atoms with Gasteiger partial charge >= 0.3 is 0 Å². The fourth-order valence-corrected chi connectivity index (χ4v) is 2.64. The molecule has 1 aliphatic carbocycles. The highest BCUT2D eigenvalue weighted by molar-refractivity contribution is 5.81. The molecule has 0 unspecified atom stereocenters. The molecule has 1 aromatic carbocycles. The first-order valence-electron chi connectivity index (χ1n) is 7.58. The molecule has 2 aromatic rings. The number of nitrogens with one attached hydrogen (secondary N) is 1. The van der Waals surface area contributed by atoms with Crippen LogP contribution >= 0.6 is 0 Å². The quantitative estimate of drug-likeness (QED) is 0.873. The molecule has 3 rings (SSSR count). The van der Waals surface area contributed by atoms with Crippen molar-refractivity contribution in [2.45, 2.75) is 26.3 Å². The van der Waals surface area contributed by atoms with Gasteiger partial charge in [0, 0.05) is 31.1 Å². The van der Waals surface area contributed by atoms with Gasteiger partial charge in [-0.2, -0.15) is 0 Å². The summed E-state index contributed by atoms with van der Waals surface area (Å²) in [5.74, 6) is 2.01. The third kappa shape index (κ3) is 2.93. The Morgan fingerprint density at radius 2 is 2.10 bits per heavy atom. The molecule has 106 valence electrons. The van der Waals surface area contributed by atoms with Crippen molar-refractivity contribution in [3.63, 3.8) is 0 Å². The molecule has 1 fully saturated rings. The van der Waals surface area contributed by atoms with Gasteiger partial charge in [0.1, 0.15) is 5.82 Å². The first kappa shape index (κ1) is 13.4. The van der Waals surface area contributed by atoms with E-state index in [1.165, 1.54) is 23.8 Å². The highest BCUT2D eigenvalue weighted by Crippen LogP contribution is 2.32. The maximum absolute atomic E-state index is 4.89. The van der Waals surface area contributed by atoms with E-state index in [9.17, 15) is 0 Å². The molecule has 1 aromatic heterocycles. The summed E-state index contributed by atoms with van der Waals surface area (Å²) in [6.45, 7) is 5.14. The third-order valence-electron chi connectivity index (χ3n) is 3.94. The molecule has 0 atom stereocenters. The standard InChI is InChI=1S/C17H23N3/c1-3-18-11-15-10-14-6-4-5-7-16(14)19-17(15)20(2)12-13-8-9-13/h4-7,10,13,18H,3,8-9,11-12H2,1-2H3. The molecule has 3 nitrogen and oxygen atoms in total. The lowest BCUT2D eigenvalue weighted by Gasteiger charge is -2.22. The Hall–Kier alpha value is -1.61. The van der Waals surface area contributed by atoms with Crippen LogP contribution in [0.2, 0.25) is 0 Å². The average Bonchev–Trinajstić information content (AvgIpc) is 3.28. The normalized spacial score (nSPS) is 14.7. The summed E-state index contributed by atoms with van der Waals surface area (Å²) in [6.07, 6.45) is 2.75. The zero-order valence-corrected chi connectivity index (χ0v) is 12.4. The van der Waals surface area contributed by atoms with Crippen LogP contribution in [0.15, 0.2) is 30.3 Å². The molecular weight excluding hydrogens is 246 g/mol. The molecule has 1 N–H and O–H groups in total. The van der Waals surface area contributed by atoms with Crippen molar-refractivity contribution in [1.82, 2.24) is 10.3 Å². The predicted molar refractivity (Wildman–Crippen MR) is 85.1 cm³/mol. The number of anilines is 1. The molecule has 0 radical (unpaired) electrons. The molecular formula is C17H23N3. The molecule has 0 saturated heterocycles. The van der Waals surface area contributed by atoms with E-state index in [-0.39, 0.29) is 0 Å². The number of nitrogens with zero attached hydrogens (tertiary/aromatic N) is 2. The van der Waals surface area contributed by atoms with Crippen LogP contribution in [0.1, 0.15) is 25.3 Å². The minimum Gasteiger partial charge on any atom is -0.359 e. The third-order valence-corrected chi connectivity index (χ3v) is 3.94. The van der Waals surface area contributed by atoms with Crippen molar-refractivity contribution in [3.05, 3.63) is 35.9 Å². The summed E-state index contributed by atoms with van der Waals surface area (Å²) < 4.78 is 0. The number of rotatable bonds is 6. The molecule has 1 aliphatic rings. The topological polar surface area (TPSA) is 28.2 Å². The van der Waals surface area contributed by atoms with Crippen LogP contribution in [0.4, 0.5) is 5.82 Å². The minimum absolute atomic E-state index is 0.875. The molecule has 0 aliphatic heterocycles. The van der Waals surface area contributed by atoms with Crippen molar-refractivity contribution < 1.29 is 0 Å². The van der Waals surface area contributed by atoms with Crippen molar-refractivity contribution in [2.24, 2.45) is 5.92 Å². The van der Waals surface area contributed by atoms with Crippen LogP contribution in [-0.4, -0.2) is 25.1 Å². The number of hydrogen-bond donors (Lipinski definition) is 1. The second-order valence-electron chi connectivity index (χ2n) is 5.77. The Balaban J connectivity index is 1.96. The second-order valence-corrected chi connectivity index (χ2v) is 5.77. The van der Waals surface area contributed by atoms with Gasteiger partial charge in [-0.3, -0.25) is 0 Å². The Morgan fingerprint density at radius 1 is 1.30 bits per heavy atom. The van der Waals surface area contributed by atoms with Crippen molar-refractivity contribution >= 4 is 16.7 Å². The second kappa shape index (κ2) is 5.80. The van der Waals surface area contributed by atoms with Gasteiger partial charge in [-0.25, -0.2) is 4.98 Å². The Morgan fingerprint density at radius 3 is 2.85 bits per heavy atom. The first-order valence-corrected chi connectivity index (χ1v) is 7.58. The number of benzene rings is 1. The zero-order valence-electron chi connectivity index (χ0n) is 12.4. The van der Waals surface area contributed by atoms with Crippen molar-refractivity contribution in [1.29, 1.82) is 0 Å². The van der Waals surface area contributed by atoms with Crippen LogP contribution in [0.5, 0.6) is 0 Å². The SMILES string of the molecule is CCNCc1cc2ccccc2nc1N(C)CC1CC1. The average molecular weight is 269 g/mol. The maximum Gasteiger partial charge on any atom is 0.133 e. The van der Waals surface area contributed by atoms with Crippen LogP contribution in [0.3, 0.4) is 0 Å². The maximum atomic E-state index is 4.89. The smallest absolute Gasteiger partial charge is 0.133 e. The van der Waals surface area contributed by atoms with Gasteiger partial charge in [-0.15, -0.1) is 0 Å². The Labute approximate surface area is 121 Å². The molecule has 3 heteroatoms. The van der Waals surface area contributed by atoms with Gasteiger partial charge in [0.2, 0.25) is 0 Å². The molecule has 0 bridgehead atoms. The van der Waals surface area contributed by atoms with Crippen molar-refractivity contribution in [2.75, 3.05) is 25.0 Å². The van der Waals surface area contributed by atoms with Gasteiger partial charge in [0.15, 0.2) is 0 Å². The number of pyridine rings is 1. The van der Waals surface area contributed by atoms with Gasteiger partial charge < -0.3 is 10.2 Å². The van der Waals surface area contributed by atoms with Crippen LogP contribution in [0.25, 0.3) is 10.9 Å². The van der Waals surface area contributed by atoms with E-state index in [4.69, 9.17) is 4.98 Å². The van der Waals surface area contributed by atoms with E-state index in [0.717, 1.165) is 36.9 Å². The van der Waals surface area contributed by atoms with E-state index in [2.05, 4.69) is 54.5 Å². The van der Waals surface area contributed by atoms with E-state index < -0.39 is 0 Å². The van der Waals surface area contributed by atoms with E-state index >= 15 is 0 Å². The molecule has 1 saturated carbocycles.